The summed E-state index contributed by atoms with van der Waals surface area (Å²) in [4.78, 5) is 11.2. The Morgan fingerprint density at radius 2 is 2.22 bits per heavy atom. The van der Waals surface area contributed by atoms with E-state index in [0.717, 1.165) is 0 Å². The number of aromatic nitrogens is 2. The van der Waals surface area contributed by atoms with Crippen LogP contribution in [0.3, 0.4) is 0 Å². The standard InChI is InChI=1S/C10H15N3O4S/c1-10(9(14)15)3-4-13(7-10)18(16,17)8-5-11-12(2)6-8/h5-6H,3-4,7H2,1-2H3,(H,14,15). The summed E-state index contributed by atoms with van der Waals surface area (Å²) in [6, 6.07) is 0. The third-order valence-electron chi connectivity index (χ3n) is 3.27. The van der Waals surface area contributed by atoms with Gasteiger partial charge < -0.3 is 5.11 Å². The molecule has 1 aromatic heterocycles. The molecule has 0 spiro atoms. The second-order valence-electron chi connectivity index (χ2n) is 4.80. The fourth-order valence-electron chi connectivity index (χ4n) is 1.98. The Labute approximate surface area is 105 Å². The molecule has 0 radical (unpaired) electrons. The Hall–Kier alpha value is -1.41. The monoisotopic (exact) mass is 273 g/mol. The molecule has 1 aromatic rings. The van der Waals surface area contributed by atoms with Crippen LogP contribution < -0.4 is 0 Å². The van der Waals surface area contributed by atoms with Crippen molar-refractivity contribution in [3.05, 3.63) is 12.4 Å². The van der Waals surface area contributed by atoms with Crippen LogP contribution in [0.25, 0.3) is 0 Å². The van der Waals surface area contributed by atoms with Crippen molar-refractivity contribution in [2.24, 2.45) is 12.5 Å². The predicted molar refractivity (Wildman–Crippen MR) is 62.3 cm³/mol. The molecule has 1 N–H and O–H groups in total. The van der Waals surface area contributed by atoms with Gasteiger partial charge in [0.05, 0.1) is 11.6 Å². The Bertz CT molecular complexity index is 580. The van der Waals surface area contributed by atoms with Gasteiger partial charge in [0.15, 0.2) is 0 Å². The van der Waals surface area contributed by atoms with E-state index in [1.165, 1.54) is 21.4 Å². The van der Waals surface area contributed by atoms with Crippen LogP contribution in [0.1, 0.15) is 13.3 Å². The molecular formula is C10H15N3O4S. The Kier molecular flexibility index (Phi) is 2.94. The summed E-state index contributed by atoms with van der Waals surface area (Å²) < 4.78 is 27.1. The zero-order valence-corrected chi connectivity index (χ0v) is 11.0. The Morgan fingerprint density at radius 1 is 1.56 bits per heavy atom. The summed E-state index contributed by atoms with van der Waals surface area (Å²) in [5.41, 5.74) is -1.00. The first-order valence-electron chi connectivity index (χ1n) is 5.48. The van der Waals surface area contributed by atoms with E-state index in [1.54, 1.807) is 14.0 Å². The molecule has 8 heteroatoms. The van der Waals surface area contributed by atoms with E-state index in [-0.39, 0.29) is 18.0 Å². The van der Waals surface area contributed by atoms with Crippen LogP contribution in [-0.4, -0.2) is 46.7 Å². The first-order valence-corrected chi connectivity index (χ1v) is 6.92. The molecule has 7 nitrogen and oxygen atoms in total. The van der Waals surface area contributed by atoms with Gasteiger partial charge in [-0.1, -0.05) is 0 Å². The largest absolute Gasteiger partial charge is 0.481 e. The number of carboxylic acids is 1. The Morgan fingerprint density at radius 3 is 2.67 bits per heavy atom. The maximum absolute atomic E-state index is 12.2. The van der Waals surface area contributed by atoms with Crippen molar-refractivity contribution in [2.75, 3.05) is 13.1 Å². The number of carbonyl (C=O) groups is 1. The average molecular weight is 273 g/mol. The van der Waals surface area contributed by atoms with E-state index in [1.807, 2.05) is 0 Å². The molecule has 100 valence electrons. The van der Waals surface area contributed by atoms with Crippen molar-refractivity contribution in [1.29, 1.82) is 0 Å². The van der Waals surface area contributed by atoms with Crippen molar-refractivity contribution < 1.29 is 18.3 Å². The number of rotatable bonds is 3. The summed E-state index contributed by atoms with van der Waals surface area (Å²) in [7, 11) is -2.01. The van der Waals surface area contributed by atoms with Gasteiger partial charge in [0.25, 0.3) is 0 Å². The van der Waals surface area contributed by atoms with E-state index >= 15 is 0 Å². The number of aliphatic carboxylic acids is 1. The summed E-state index contributed by atoms with van der Waals surface area (Å²) >= 11 is 0. The molecule has 0 aliphatic carbocycles. The van der Waals surface area contributed by atoms with Gasteiger partial charge in [-0.3, -0.25) is 9.48 Å². The van der Waals surface area contributed by atoms with E-state index in [9.17, 15) is 13.2 Å². The van der Waals surface area contributed by atoms with Crippen molar-refractivity contribution in [3.63, 3.8) is 0 Å². The number of aryl methyl sites for hydroxylation is 1. The van der Waals surface area contributed by atoms with Gasteiger partial charge >= 0.3 is 5.97 Å². The average Bonchev–Trinajstić information content (AvgIpc) is 2.86. The van der Waals surface area contributed by atoms with Gasteiger partial charge in [-0.25, -0.2) is 8.42 Å². The van der Waals surface area contributed by atoms with Gasteiger partial charge in [0.2, 0.25) is 10.0 Å². The quantitative estimate of drug-likeness (QED) is 0.830. The highest BCUT2D eigenvalue weighted by molar-refractivity contribution is 7.89. The topological polar surface area (TPSA) is 92.5 Å². The van der Waals surface area contributed by atoms with E-state index in [0.29, 0.717) is 6.42 Å². The normalized spacial score (nSPS) is 25.4. The molecule has 1 fully saturated rings. The lowest BCUT2D eigenvalue weighted by atomic mass is 9.90. The second-order valence-corrected chi connectivity index (χ2v) is 6.74. The van der Waals surface area contributed by atoms with Crippen LogP contribution in [0.15, 0.2) is 17.3 Å². The SMILES string of the molecule is Cn1cc(S(=O)(=O)N2CCC(C)(C(=O)O)C2)cn1. The highest BCUT2D eigenvalue weighted by Gasteiger charge is 2.45. The minimum absolute atomic E-state index is 0.000436. The van der Waals surface area contributed by atoms with Crippen LogP contribution in [-0.2, 0) is 21.9 Å². The van der Waals surface area contributed by atoms with Gasteiger partial charge in [-0.15, -0.1) is 0 Å². The lowest BCUT2D eigenvalue weighted by Crippen LogP contribution is -2.34. The minimum atomic E-state index is -3.64. The van der Waals surface area contributed by atoms with Gasteiger partial charge in [0, 0.05) is 26.3 Å². The fraction of sp³-hybridized carbons (Fsp3) is 0.600. The molecule has 18 heavy (non-hydrogen) atoms. The lowest BCUT2D eigenvalue weighted by Gasteiger charge is -2.19. The molecule has 1 atom stereocenters. The van der Waals surface area contributed by atoms with Gasteiger partial charge in [-0.2, -0.15) is 9.40 Å². The maximum Gasteiger partial charge on any atom is 0.310 e. The number of hydrogen-bond acceptors (Lipinski definition) is 4. The zero-order valence-electron chi connectivity index (χ0n) is 10.2. The first-order chi connectivity index (χ1) is 8.25. The highest BCUT2D eigenvalue weighted by atomic mass is 32.2. The first kappa shape index (κ1) is 13.0. The zero-order chi connectivity index (χ0) is 13.6. The molecule has 0 bridgehead atoms. The van der Waals surface area contributed by atoms with Crippen LogP contribution in [0.2, 0.25) is 0 Å². The fourth-order valence-corrected chi connectivity index (χ4v) is 3.53. The van der Waals surface area contributed by atoms with Crippen LogP contribution in [0.5, 0.6) is 0 Å². The van der Waals surface area contributed by atoms with Crippen LogP contribution in [0, 0.1) is 5.41 Å². The van der Waals surface area contributed by atoms with Crippen molar-refractivity contribution in [3.8, 4) is 0 Å². The number of sulfonamides is 1. The molecule has 2 rings (SSSR count). The van der Waals surface area contributed by atoms with E-state index in [4.69, 9.17) is 5.11 Å². The summed E-state index contributed by atoms with van der Waals surface area (Å²) in [5, 5.41) is 12.9. The number of nitrogens with zero attached hydrogens (tertiary/aromatic N) is 3. The van der Waals surface area contributed by atoms with Crippen molar-refractivity contribution in [2.45, 2.75) is 18.2 Å². The number of hydrogen-bond donors (Lipinski definition) is 1. The summed E-state index contributed by atoms with van der Waals surface area (Å²) in [6.45, 7) is 1.79. The molecular weight excluding hydrogens is 258 g/mol. The number of carboxylic acid groups (broad SMARTS) is 1. The summed E-state index contributed by atoms with van der Waals surface area (Å²) in [6.07, 6.45) is 3.00. The van der Waals surface area contributed by atoms with Crippen molar-refractivity contribution in [1.82, 2.24) is 14.1 Å². The van der Waals surface area contributed by atoms with Gasteiger partial charge in [0.1, 0.15) is 4.90 Å². The molecule has 0 aromatic carbocycles. The maximum atomic E-state index is 12.2. The molecule has 0 saturated carbocycles. The third kappa shape index (κ3) is 2.01. The highest BCUT2D eigenvalue weighted by Crippen LogP contribution is 2.33. The molecule has 1 aliphatic heterocycles. The lowest BCUT2D eigenvalue weighted by molar-refractivity contribution is -0.146. The molecule has 0 amide bonds. The van der Waals surface area contributed by atoms with Crippen molar-refractivity contribution >= 4 is 16.0 Å². The smallest absolute Gasteiger partial charge is 0.310 e. The van der Waals surface area contributed by atoms with Crippen LogP contribution >= 0.6 is 0 Å². The van der Waals surface area contributed by atoms with E-state index < -0.39 is 21.4 Å². The molecule has 1 unspecified atom stereocenters. The van der Waals surface area contributed by atoms with Crippen LogP contribution in [0.4, 0.5) is 0 Å². The second kappa shape index (κ2) is 4.06. The minimum Gasteiger partial charge on any atom is -0.481 e. The summed E-state index contributed by atoms with van der Waals surface area (Å²) in [5.74, 6) is -0.966. The third-order valence-corrected chi connectivity index (χ3v) is 5.07. The Balaban J connectivity index is 2.27. The van der Waals surface area contributed by atoms with Gasteiger partial charge in [-0.05, 0) is 13.3 Å². The van der Waals surface area contributed by atoms with E-state index in [2.05, 4.69) is 5.10 Å². The molecule has 1 aliphatic rings. The predicted octanol–water partition coefficient (Wildman–Crippen LogP) is -0.0946. The molecule has 2 heterocycles. The molecule has 1 saturated heterocycles.